The number of carbonyl (C=O) groups is 2. The summed E-state index contributed by atoms with van der Waals surface area (Å²) < 4.78 is 18.2. The first-order chi connectivity index (χ1) is 9.51. The molecule has 1 aromatic carbocycles. The first kappa shape index (κ1) is 14.0. The maximum absolute atomic E-state index is 13.1. The number of anilines is 1. The van der Waals surface area contributed by atoms with Crippen LogP contribution in [0.15, 0.2) is 18.2 Å². The lowest BCUT2D eigenvalue weighted by molar-refractivity contribution is -0.150. The minimum absolute atomic E-state index is 0.182. The third kappa shape index (κ3) is 2.92. The average Bonchev–Trinajstić information content (AvgIpc) is 2.91. The number of benzene rings is 1. The van der Waals surface area contributed by atoms with E-state index in [-0.39, 0.29) is 17.7 Å². The molecular weight excluding hydrogens is 267 g/mol. The highest BCUT2D eigenvalue weighted by atomic mass is 19.1. The smallest absolute Gasteiger partial charge is 0.332 e. The predicted molar refractivity (Wildman–Crippen MR) is 65.3 cm³/mol. The number of ether oxygens (including phenoxy) is 1. The molecule has 6 nitrogen and oxygen atoms in total. The van der Waals surface area contributed by atoms with E-state index < -0.39 is 29.9 Å². The Morgan fingerprint density at radius 1 is 1.40 bits per heavy atom. The van der Waals surface area contributed by atoms with Crippen LogP contribution in [0.5, 0.6) is 0 Å². The van der Waals surface area contributed by atoms with Gasteiger partial charge in [-0.15, -0.1) is 0 Å². The number of nitrogens with one attached hydrogen (secondary N) is 1. The van der Waals surface area contributed by atoms with E-state index >= 15 is 0 Å². The monoisotopic (exact) mass is 278 g/mol. The number of aliphatic carboxylic acids is 1. The van der Waals surface area contributed by atoms with E-state index in [1.54, 1.807) is 6.07 Å². The Morgan fingerprint density at radius 3 is 2.70 bits per heavy atom. The summed E-state index contributed by atoms with van der Waals surface area (Å²) in [5, 5.41) is 19.9. The summed E-state index contributed by atoms with van der Waals surface area (Å²) in [6.45, 7) is 0. The summed E-state index contributed by atoms with van der Waals surface area (Å²) in [4.78, 5) is 22.6. The van der Waals surface area contributed by atoms with Crippen molar-refractivity contribution >= 4 is 17.6 Å². The lowest BCUT2D eigenvalue weighted by Gasteiger charge is -2.12. The van der Waals surface area contributed by atoms with E-state index in [9.17, 15) is 14.0 Å². The lowest BCUT2D eigenvalue weighted by Crippen LogP contribution is -2.29. The van der Waals surface area contributed by atoms with Crippen molar-refractivity contribution in [2.24, 2.45) is 0 Å². The maximum Gasteiger partial charge on any atom is 0.332 e. The van der Waals surface area contributed by atoms with Crippen LogP contribution in [0.2, 0.25) is 0 Å². The van der Waals surface area contributed by atoms with Crippen LogP contribution < -0.4 is 5.32 Å². The number of rotatable bonds is 3. The van der Waals surface area contributed by atoms with Crippen LogP contribution in [0.3, 0.4) is 0 Å². The Hall–Kier alpha value is -2.46. The summed E-state index contributed by atoms with van der Waals surface area (Å²) in [5.74, 6) is -2.29. The maximum atomic E-state index is 13.1. The van der Waals surface area contributed by atoms with Gasteiger partial charge in [0, 0.05) is 5.69 Å². The molecule has 1 aromatic rings. The second-order valence-corrected chi connectivity index (χ2v) is 4.32. The molecule has 0 aliphatic carbocycles. The summed E-state index contributed by atoms with van der Waals surface area (Å²) in [7, 11) is 0. The molecule has 0 radical (unpaired) electrons. The summed E-state index contributed by atoms with van der Waals surface area (Å²) in [5.41, 5.74) is 0.0777. The molecule has 20 heavy (non-hydrogen) atoms. The zero-order valence-corrected chi connectivity index (χ0v) is 10.3. The molecule has 1 heterocycles. The molecule has 2 atom stereocenters. The fourth-order valence-corrected chi connectivity index (χ4v) is 1.92. The van der Waals surface area contributed by atoms with Gasteiger partial charge in [-0.3, -0.25) is 4.79 Å². The first-order valence-corrected chi connectivity index (χ1v) is 5.90. The highest BCUT2D eigenvalue weighted by molar-refractivity contribution is 5.94. The van der Waals surface area contributed by atoms with Crippen molar-refractivity contribution in [1.82, 2.24) is 0 Å². The molecule has 1 amide bonds. The topological polar surface area (TPSA) is 99.4 Å². The number of amides is 1. The van der Waals surface area contributed by atoms with Crippen LogP contribution in [0.4, 0.5) is 10.1 Å². The van der Waals surface area contributed by atoms with Crippen LogP contribution in [-0.2, 0) is 14.3 Å². The molecule has 1 aliphatic heterocycles. The molecule has 104 valence electrons. The third-order valence-corrected chi connectivity index (χ3v) is 2.94. The molecule has 0 bridgehead atoms. The number of carboxylic acids is 1. The molecule has 0 saturated carbocycles. The molecule has 2 N–H and O–H groups in total. The Bertz CT molecular complexity index is 597. The zero-order valence-electron chi connectivity index (χ0n) is 10.3. The molecule has 1 aliphatic rings. The van der Waals surface area contributed by atoms with E-state index in [1.807, 2.05) is 0 Å². The van der Waals surface area contributed by atoms with E-state index in [0.717, 1.165) is 6.07 Å². The summed E-state index contributed by atoms with van der Waals surface area (Å²) in [6.07, 6.45) is -1.27. The zero-order chi connectivity index (χ0) is 14.7. The van der Waals surface area contributed by atoms with Crippen molar-refractivity contribution < 1.29 is 23.8 Å². The molecule has 2 unspecified atom stereocenters. The molecule has 7 heteroatoms. The molecular formula is C13H11FN2O4. The molecule has 1 saturated heterocycles. The second kappa shape index (κ2) is 5.67. The van der Waals surface area contributed by atoms with Gasteiger partial charge in [0.2, 0.25) is 0 Å². The number of nitrogens with zero attached hydrogens (tertiary/aromatic N) is 1. The lowest BCUT2D eigenvalue weighted by atomic mass is 10.1. The van der Waals surface area contributed by atoms with Gasteiger partial charge in [0.1, 0.15) is 18.0 Å². The van der Waals surface area contributed by atoms with Gasteiger partial charge >= 0.3 is 5.97 Å². The number of hydrogen-bond acceptors (Lipinski definition) is 4. The van der Waals surface area contributed by atoms with E-state index in [1.165, 1.54) is 12.1 Å². The van der Waals surface area contributed by atoms with Gasteiger partial charge in [0.05, 0.1) is 5.56 Å². The van der Waals surface area contributed by atoms with Crippen LogP contribution in [0.25, 0.3) is 0 Å². The van der Waals surface area contributed by atoms with Gasteiger partial charge in [-0.2, -0.15) is 5.26 Å². The number of hydrogen-bond donors (Lipinski definition) is 2. The minimum Gasteiger partial charge on any atom is -0.479 e. The first-order valence-electron chi connectivity index (χ1n) is 5.90. The van der Waals surface area contributed by atoms with Crippen molar-refractivity contribution in [2.45, 2.75) is 25.0 Å². The largest absolute Gasteiger partial charge is 0.479 e. The highest BCUT2D eigenvalue weighted by Crippen LogP contribution is 2.22. The average molecular weight is 278 g/mol. The second-order valence-electron chi connectivity index (χ2n) is 4.32. The van der Waals surface area contributed by atoms with Crippen LogP contribution in [0.1, 0.15) is 18.4 Å². The summed E-state index contributed by atoms with van der Waals surface area (Å²) >= 11 is 0. The fraction of sp³-hybridized carbons (Fsp3) is 0.308. The fourth-order valence-electron chi connectivity index (χ4n) is 1.92. The van der Waals surface area contributed by atoms with E-state index in [0.29, 0.717) is 6.42 Å². The Labute approximate surface area is 113 Å². The van der Waals surface area contributed by atoms with Crippen molar-refractivity contribution in [3.8, 4) is 6.07 Å². The van der Waals surface area contributed by atoms with Gasteiger partial charge in [0.25, 0.3) is 5.91 Å². The highest BCUT2D eigenvalue weighted by Gasteiger charge is 2.34. The van der Waals surface area contributed by atoms with Gasteiger partial charge in [0.15, 0.2) is 6.10 Å². The van der Waals surface area contributed by atoms with E-state index in [2.05, 4.69) is 5.32 Å². The number of carbonyl (C=O) groups excluding carboxylic acids is 1. The van der Waals surface area contributed by atoms with Crippen molar-refractivity contribution in [2.75, 3.05) is 5.32 Å². The van der Waals surface area contributed by atoms with Crippen molar-refractivity contribution in [3.05, 3.63) is 29.6 Å². The van der Waals surface area contributed by atoms with Crippen LogP contribution in [-0.4, -0.2) is 29.2 Å². The molecule has 2 rings (SSSR count). The SMILES string of the molecule is N#Cc1cc(NC(=O)C2CCC(C(=O)O)O2)ccc1F. The molecule has 0 spiro atoms. The Morgan fingerprint density at radius 2 is 2.10 bits per heavy atom. The Balaban J connectivity index is 2.02. The third-order valence-electron chi connectivity index (χ3n) is 2.94. The normalized spacial score (nSPS) is 21.2. The van der Waals surface area contributed by atoms with Gasteiger partial charge in [-0.05, 0) is 31.0 Å². The minimum atomic E-state index is -1.10. The Kier molecular flexibility index (Phi) is 3.96. The van der Waals surface area contributed by atoms with Crippen LogP contribution in [0, 0.1) is 17.1 Å². The van der Waals surface area contributed by atoms with E-state index in [4.69, 9.17) is 15.1 Å². The number of nitriles is 1. The number of halogens is 1. The quantitative estimate of drug-likeness (QED) is 0.867. The standard InChI is InChI=1S/C13H11FN2O4/c14-9-2-1-8(5-7(9)6-15)16-12(17)10-3-4-11(20-10)13(18)19/h1-2,5,10-11H,3-4H2,(H,16,17)(H,18,19). The van der Waals surface area contributed by atoms with Gasteiger partial charge < -0.3 is 15.2 Å². The molecule has 1 fully saturated rings. The number of carboxylic acid groups (broad SMARTS) is 1. The molecule has 0 aromatic heterocycles. The van der Waals surface area contributed by atoms with Crippen LogP contribution >= 0.6 is 0 Å². The predicted octanol–water partition coefficient (Wildman–Crippen LogP) is 1.27. The van der Waals surface area contributed by atoms with Gasteiger partial charge in [-0.1, -0.05) is 0 Å². The van der Waals surface area contributed by atoms with Crippen molar-refractivity contribution in [1.29, 1.82) is 5.26 Å². The van der Waals surface area contributed by atoms with Crippen molar-refractivity contribution in [3.63, 3.8) is 0 Å². The summed E-state index contributed by atoms with van der Waals surface area (Å²) in [6, 6.07) is 5.26. The van der Waals surface area contributed by atoms with Gasteiger partial charge in [-0.25, -0.2) is 9.18 Å².